The SMILES string of the molecule is CN(C)c1ccc(/N=N/S(=O)(=O)[O-])cc1.[Na+]. The van der Waals surface area contributed by atoms with Gasteiger partial charge in [-0.1, -0.05) is 4.52 Å². The van der Waals surface area contributed by atoms with Gasteiger partial charge in [0.1, 0.15) is 0 Å². The van der Waals surface area contributed by atoms with Crippen molar-refractivity contribution in [3.63, 3.8) is 0 Å². The fraction of sp³-hybridized carbons (Fsp3) is 0.250. The molecule has 0 unspecified atom stereocenters. The number of anilines is 1. The van der Waals surface area contributed by atoms with Crippen LogP contribution in [0, 0.1) is 0 Å². The Hall–Kier alpha value is -0.470. The van der Waals surface area contributed by atoms with Crippen LogP contribution in [0.1, 0.15) is 0 Å². The van der Waals surface area contributed by atoms with Crippen LogP contribution < -0.4 is 34.5 Å². The van der Waals surface area contributed by atoms with E-state index >= 15 is 0 Å². The van der Waals surface area contributed by atoms with Crippen molar-refractivity contribution in [2.24, 2.45) is 9.63 Å². The standard InChI is InChI=1S/C8H11N3O3S.Na/c1-11(2)8-5-3-7(4-6-8)9-10-15(12,13)14;/h3-6H,1-2H3,(H,12,13,14);/q;+1/p-1/b10-9+;. The Morgan fingerprint density at radius 3 is 2.06 bits per heavy atom. The zero-order valence-corrected chi connectivity index (χ0v) is 12.1. The summed E-state index contributed by atoms with van der Waals surface area (Å²) in [6.45, 7) is 0. The first kappa shape index (κ1) is 15.5. The molecule has 1 aromatic rings. The third kappa shape index (κ3) is 5.57. The molecule has 0 aliphatic rings. The van der Waals surface area contributed by atoms with E-state index < -0.39 is 10.3 Å². The Bertz CT molecular complexity index is 456. The van der Waals surface area contributed by atoms with Crippen molar-refractivity contribution < 1.29 is 42.5 Å². The summed E-state index contributed by atoms with van der Waals surface area (Å²) in [5.74, 6) is 0. The number of hydrogen-bond acceptors (Lipinski definition) is 5. The number of hydrogen-bond donors (Lipinski definition) is 0. The van der Waals surface area contributed by atoms with Gasteiger partial charge in [0.05, 0.1) is 5.69 Å². The molecule has 0 radical (unpaired) electrons. The molecule has 1 rings (SSSR count). The van der Waals surface area contributed by atoms with Crippen molar-refractivity contribution in [3.8, 4) is 0 Å². The monoisotopic (exact) mass is 251 g/mol. The zero-order valence-electron chi connectivity index (χ0n) is 9.28. The molecule has 0 amide bonds. The van der Waals surface area contributed by atoms with Crippen LogP contribution in [0.25, 0.3) is 0 Å². The molecule has 82 valence electrons. The minimum atomic E-state index is -4.65. The Morgan fingerprint density at radius 2 is 1.69 bits per heavy atom. The molecule has 0 aliphatic carbocycles. The summed E-state index contributed by atoms with van der Waals surface area (Å²) in [5, 5.41) is 3.28. The minimum Gasteiger partial charge on any atom is -0.728 e. The second-order valence-corrected chi connectivity index (χ2v) is 4.04. The van der Waals surface area contributed by atoms with Crippen LogP contribution in [0.5, 0.6) is 0 Å². The molecule has 0 aromatic heterocycles. The summed E-state index contributed by atoms with van der Waals surface area (Å²) in [6, 6.07) is 6.63. The smallest absolute Gasteiger partial charge is 0.728 e. The zero-order chi connectivity index (χ0) is 11.5. The molecule has 0 saturated carbocycles. The maximum absolute atomic E-state index is 10.2. The van der Waals surface area contributed by atoms with E-state index in [4.69, 9.17) is 0 Å². The molecule has 1 aromatic carbocycles. The number of benzene rings is 1. The molecule has 0 aliphatic heterocycles. The molecule has 0 fully saturated rings. The van der Waals surface area contributed by atoms with E-state index in [-0.39, 0.29) is 29.6 Å². The Labute approximate surface area is 117 Å². The van der Waals surface area contributed by atoms with Gasteiger partial charge in [0.15, 0.2) is 0 Å². The first-order chi connectivity index (χ1) is 6.88. The molecule has 0 N–H and O–H groups in total. The van der Waals surface area contributed by atoms with Gasteiger partial charge in [-0.3, -0.25) is 0 Å². The average Bonchev–Trinajstić information content (AvgIpc) is 2.14. The van der Waals surface area contributed by atoms with Crippen molar-refractivity contribution in [1.82, 2.24) is 0 Å². The quantitative estimate of drug-likeness (QED) is 0.364. The predicted molar refractivity (Wildman–Crippen MR) is 55.0 cm³/mol. The van der Waals surface area contributed by atoms with Gasteiger partial charge >= 0.3 is 29.6 Å². The Morgan fingerprint density at radius 1 is 1.19 bits per heavy atom. The van der Waals surface area contributed by atoms with Crippen LogP contribution in [-0.2, 0) is 10.3 Å². The van der Waals surface area contributed by atoms with Crippen LogP contribution >= 0.6 is 0 Å². The average molecular weight is 251 g/mol. The van der Waals surface area contributed by atoms with Crippen LogP contribution in [0.2, 0.25) is 0 Å². The maximum Gasteiger partial charge on any atom is 1.00 e. The minimum absolute atomic E-state index is 0. The largest absolute Gasteiger partial charge is 1.00 e. The number of nitrogens with zero attached hydrogens (tertiary/aromatic N) is 3. The van der Waals surface area contributed by atoms with Gasteiger partial charge in [-0.25, -0.2) is 8.42 Å². The van der Waals surface area contributed by atoms with Crippen LogP contribution in [-0.4, -0.2) is 27.1 Å². The van der Waals surface area contributed by atoms with Crippen molar-refractivity contribution in [3.05, 3.63) is 24.3 Å². The van der Waals surface area contributed by atoms with E-state index in [2.05, 4.69) is 9.63 Å². The molecule has 0 spiro atoms. The molecule has 0 saturated heterocycles. The summed E-state index contributed by atoms with van der Waals surface area (Å²) >= 11 is 0. The Balaban J connectivity index is 0.00000225. The molecular weight excluding hydrogens is 241 g/mol. The second kappa shape index (κ2) is 6.31. The molecule has 0 bridgehead atoms. The topological polar surface area (TPSA) is 85.2 Å². The number of rotatable bonds is 3. The normalized spacial score (nSPS) is 11.2. The molecular formula is C8H10N3NaO3S. The molecule has 6 nitrogen and oxygen atoms in total. The van der Waals surface area contributed by atoms with Crippen molar-refractivity contribution >= 4 is 21.7 Å². The van der Waals surface area contributed by atoms with Crippen molar-refractivity contribution in [2.75, 3.05) is 19.0 Å². The van der Waals surface area contributed by atoms with Gasteiger partial charge < -0.3 is 9.45 Å². The fourth-order valence-corrected chi connectivity index (χ4v) is 1.11. The second-order valence-electron chi connectivity index (χ2n) is 3.02. The van der Waals surface area contributed by atoms with Gasteiger partial charge in [-0.15, -0.1) is 5.11 Å². The van der Waals surface area contributed by atoms with Gasteiger partial charge in [0, 0.05) is 19.8 Å². The molecule has 0 heterocycles. The Kier molecular flexibility index (Phi) is 6.13. The summed E-state index contributed by atoms with van der Waals surface area (Å²) < 4.78 is 33.1. The van der Waals surface area contributed by atoms with Crippen LogP contribution in [0.4, 0.5) is 11.4 Å². The van der Waals surface area contributed by atoms with E-state index in [1.54, 1.807) is 24.3 Å². The summed E-state index contributed by atoms with van der Waals surface area (Å²) in [7, 11) is -0.904. The third-order valence-corrected chi connectivity index (χ3v) is 1.90. The molecule has 16 heavy (non-hydrogen) atoms. The molecule has 8 heteroatoms. The van der Waals surface area contributed by atoms with Gasteiger partial charge in [0.25, 0.3) is 0 Å². The van der Waals surface area contributed by atoms with Gasteiger partial charge in [-0.2, -0.15) is 0 Å². The first-order valence-electron chi connectivity index (χ1n) is 4.05. The maximum atomic E-state index is 10.2. The van der Waals surface area contributed by atoms with Crippen LogP contribution in [0.15, 0.2) is 33.9 Å². The van der Waals surface area contributed by atoms with E-state index in [1.165, 1.54) is 0 Å². The predicted octanol–water partition coefficient (Wildman–Crippen LogP) is -1.70. The fourth-order valence-electron chi connectivity index (χ4n) is 0.915. The summed E-state index contributed by atoms with van der Waals surface area (Å²) in [6.07, 6.45) is 0. The molecule has 0 atom stereocenters. The van der Waals surface area contributed by atoms with Gasteiger partial charge in [-0.05, 0) is 24.3 Å². The third-order valence-electron chi connectivity index (χ3n) is 1.62. The van der Waals surface area contributed by atoms with E-state index in [1.807, 2.05) is 19.0 Å². The summed E-state index contributed by atoms with van der Waals surface area (Å²) in [5.41, 5.74) is 1.26. The van der Waals surface area contributed by atoms with E-state index in [0.717, 1.165) is 5.69 Å². The van der Waals surface area contributed by atoms with E-state index in [0.29, 0.717) is 5.69 Å². The van der Waals surface area contributed by atoms with Crippen LogP contribution in [0.3, 0.4) is 0 Å². The van der Waals surface area contributed by atoms with E-state index in [9.17, 15) is 13.0 Å². The van der Waals surface area contributed by atoms with Gasteiger partial charge in [0.2, 0.25) is 10.3 Å². The van der Waals surface area contributed by atoms with Crippen molar-refractivity contribution in [1.29, 1.82) is 0 Å². The first-order valence-corrected chi connectivity index (χ1v) is 5.41. The van der Waals surface area contributed by atoms with Crippen molar-refractivity contribution in [2.45, 2.75) is 0 Å². The summed E-state index contributed by atoms with van der Waals surface area (Å²) in [4.78, 5) is 1.88.